The Balaban J connectivity index is 2.32. The zero-order chi connectivity index (χ0) is 11.7. The van der Waals surface area contributed by atoms with Gasteiger partial charge in [0.2, 0.25) is 0 Å². The van der Waals surface area contributed by atoms with Crippen molar-refractivity contribution in [2.24, 2.45) is 0 Å². The van der Waals surface area contributed by atoms with Crippen LogP contribution in [0.2, 0.25) is 0 Å². The summed E-state index contributed by atoms with van der Waals surface area (Å²) in [5.41, 5.74) is 4.55. The highest BCUT2D eigenvalue weighted by atomic mass is 32.2. The van der Waals surface area contributed by atoms with Gasteiger partial charge in [0.05, 0.1) is 5.25 Å². The van der Waals surface area contributed by atoms with E-state index in [1.165, 1.54) is 17.5 Å². The maximum Gasteiger partial charge on any atom is 0.176 e. The number of carbonyl (C=O) groups is 1. The molecule has 1 aliphatic heterocycles. The Kier molecular flexibility index (Phi) is 3.38. The summed E-state index contributed by atoms with van der Waals surface area (Å²) in [7, 11) is 0. The number of Topliss-reactive ketones (excluding diaryl/α,β-unsaturated/α-hetero) is 1. The molecule has 1 aromatic carbocycles. The van der Waals surface area contributed by atoms with Crippen molar-refractivity contribution in [3.8, 4) is 0 Å². The number of benzene rings is 1. The van der Waals surface area contributed by atoms with E-state index in [4.69, 9.17) is 0 Å². The van der Waals surface area contributed by atoms with E-state index in [9.17, 15) is 4.79 Å². The van der Waals surface area contributed by atoms with Crippen LogP contribution in [-0.2, 0) is 0 Å². The molecule has 0 saturated carbocycles. The average Bonchev–Trinajstić information content (AvgIpc) is 2.75. The summed E-state index contributed by atoms with van der Waals surface area (Å²) in [5, 5.41) is 0.209. The predicted molar refractivity (Wildman–Crippen MR) is 70.5 cm³/mol. The number of carbonyl (C=O) groups excluding carboxylic acids is 1. The molecule has 0 aliphatic carbocycles. The van der Waals surface area contributed by atoms with Crippen LogP contribution in [0.5, 0.6) is 0 Å². The zero-order valence-corrected chi connectivity index (χ0v) is 11.0. The number of hydrogen-bond acceptors (Lipinski definition) is 2. The summed E-state index contributed by atoms with van der Waals surface area (Å²) < 4.78 is 0. The number of rotatable bonds is 2. The molecule has 2 heteroatoms. The Morgan fingerprint density at radius 2 is 1.88 bits per heavy atom. The number of ketones is 1. The molecule has 1 unspecified atom stereocenters. The Morgan fingerprint density at radius 3 is 2.50 bits per heavy atom. The molecule has 16 heavy (non-hydrogen) atoms. The lowest BCUT2D eigenvalue weighted by Gasteiger charge is -2.12. The monoisotopic (exact) mass is 234 g/mol. The van der Waals surface area contributed by atoms with Crippen molar-refractivity contribution in [2.45, 2.75) is 38.9 Å². The first-order valence-corrected chi connectivity index (χ1v) is 6.88. The maximum absolute atomic E-state index is 12.3. The van der Waals surface area contributed by atoms with Gasteiger partial charge >= 0.3 is 0 Å². The molecular formula is C14H18OS. The van der Waals surface area contributed by atoms with E-state index in [-0.39, 0.29) is 5.25 Å². The van der Waals surface area contributed by atoms with Gasteiger partial charge in [-0.1, -0.05) is 6.07 Å². The molecule has 0 N–H and O–H groups in total. The number of thioether (sulfide) groups is 1. The topological polar surface area (TPSA) is 17.1 Å². The van der Waals surface area contributed by atoms with Crippen molar-refractivity contribution in [1.29, 1.82) is 0 Å². The minimum Gasteiger partial charge on any atom is -0.293 e. The molecule has 0 bridgehead atoms. The third-order valence-corrected chi connectivity index (χ3v) is 4.70. The van der Waals surface area contributed by atoms with Gasteiger partial charge in [-0.25, -0.2) is 0 Å². The van der Waals surface area contributed by atoms with Crippen molar-refractivity contribution < 1.29 is 4.79 Å². The van der Waals surface area contributed by atoms with Crippen LogP contribution in [0.4, 0.5) is 0 Å². The smallest absolute Gasteiger partial charge is 0.176 e. The summed E-state index contributed by atoms with van der Waals surface area (Å²) in [4.78, 5) is 12.3. The minimum atomic E-state index is 0.209. The van der Waals surface area contributed by atoms with Crippen LogP contribution in [-0.4, -0.2) is 16.8 Å². The number of hydrogen-bond donors (Lipinski definition) is 0. The van der Waals surface area contributed by atoms with Gasteiger partial charge in [-0.2, -0.15) is 11.8 Å². The van der Waals surface area contributed by atoms with Crippen molar-refractivity contribution in [2.75, 3.05) is 5.75 Å². The molecule has 86 valence electrons. The molecule has 1 heterocycles. The van der Waals surface area contributed by atoms with E-state index < -0.39 is 0 Å². The maximum atomic E-state index is 12.3. The summed E-state index contributed by atoms with van der Waals surface area (Å²) in [6.07, 6.45) is 2.24. The second-order valence-corrected chi connectivity index (χ2v) is 5.93. The van der Waals surface area contributed by atoms with Crippen LogP contribution in [0.15, 0.2) is 12.1 Å². The van der Waals surface area contributed by atoms with Gasteiger partial charge < -0.3 is 0 Å². The van der Waals surface area contributed by atoms with Crippen molar-refractivity contribution in [3.05, 3.63) is 34.4 Å². The molecule has 1 nitrogen and oxygen atoms in total. The molecule has 1 fully saturated rings. The normalized spacial score (nSPS) is 20.1. The van der Waals surface area contributed by atoms with E-state index in [0.717, 1.165) is 23.3 Å². The van der Waals surface area contributed by atoms with E-state index in [2.05, 4.69) is 26.0 Å². The van der Waals surface area contributed by atoms with Gasteiger partial charge in [-0.3, -0.25) is 4.79 Å². The van der Waals surface area contributed by atoms with Gasteiger partial charge in [0.25, 0.3) is 0 Å². The van der Waals surface area contributed by atoms with E-state index in [1.807, 2.05) is 18.7 Å². The molecule has 1 atom stereocenters. The predicted octanol–water partition coefficient (Wildman–Crippen LogP) is 3.69. The second kappa shape index (κ2) is 4.62. The third-order valence-electron chi connectivity index (χ3n) is 3.33. The molecule has 1 saturated heterocycles. The highest BCUT2D eigenvalue weighted by Crippen LogP contribution is 2.30. The Bertz CT molecular complexity index is 417. The fraction of sp³-hybridized carbons (Fsp3) is 0.500. The molecule has 0 spiro atoms. The standard InChI is InChI=1S/C14H18OS/c1-9-7-11(3)12(8-10(9)2)14(15)13-5-4-6-16-13/h7-8,13H,4-6H2,1-3H3. The van der Waals surface area contributed by atoms with Crippen molar-refractivity contribution in [1.82, 2.24) is 0 Å². The Hall–Kier alpha value is -0.760. The number of aryl methyl sites for hydroxylation is 3. The Labute approximate surface area is 102 Å². The van der Waals surface area contributed by atoms with Gasteiger partial charge in [-0.15, -0.1) is 0 Å². The average molecular weight is 234 g/mol. The zero-order valence-electron chi connectivity index (χ0n) is 10.2. The van der Waals surface area contributed by atoms with Crippen LogP contribution in [0.25, 0.3) is 0 Å². The van der Waals surface area contributed by atoms with Crippen LogP contribution in [0, 0.1) is 20.8 Å². The highest BCUT2D eigenvalue weighted by Gasteiger charge is 2.25. The molecule has 2 rings (SSSR count). The minimum absolute atomic E-state index is 0.209. The van der Waals surface area contributed by atoms with E-state index in [0.29, 0.717) is 5.78 Å². The lowest BCUT2D eigenvalue weighted by atomic mass is 9.96. The first-order chi connectivity index (χ1) is 7.59. The molecule has 0 amide bonds. The summed E-state index contributed by atoms with van der Waals surface area (Å²) in [6, 6.07) is 4.19. The third kappa shape index (κ3) is 2.17. The first-order valence-electron chi connectivity index (χ1n) is 5.83. The summed E-state index contributed by atoms with van der Waals surface area (Å²) >= 11 is 1.81. The van der Waals surface area contributed by atoms with Gasteiger partial charge in [0, 0.05) is 5.56 Å². The van der Waals surface area contributed by atoms with Crippen LogP contribution in [0.3, 0.4) is 0 Å². The Morgan fingerprint density at radius 1 is 1.19 bits per heavy atom. The second-order valence-electron chi connectivity index (χ2n) is 4.62. The largest absolute Gasteiger partial charge is 0.293 e. The van der Waals surface area contributed by atoms with Crippen molar-refractivity contribution in [3.63, 3.8) is 0 Å². The molecule has 1 aromatic rings. The lowest BCUT2D eigenvalue weighted by molar-refractivity contribution is 0.0988. The molecule has 0 radical (unpaired) electrons. The molecule has 1 aliphatic rings. The van der Waals surface area contributed by atoms with Crippen molar-refractivity contribution >= 4 is 17.5 Å². The molecule has 0 aromatic heterocycles. The van der Waals surface area contributed by atoms with Crippen LogP contribution < -0.4 is 0 Å². The first kappa shape index (κ1) is 11.7. The van der Waals surface area contributed by atoms with E-state index in [1.54, 1.807) is 0 Å². The quantitative estimate of drug-likeness (QED) is 0.726. The highest BCUT2D eigenvalue weighted by molar-refractivity contribution is 8.00. The van der Waals surface area contributed by atoms with Gasteiger partial charge in [0.15, 0.2) is 5.78 Å². The fourth-order valence-electron chi connectivity index (χ4n) is 2.18. The van der Waals surface area contributed by atoms with Gasteiger partial charge in [0.1, 0.15) is 0 Å². The van der Waals surface area contributed by atoms with Crippen LogP contribution in [0.1, 0.15) is 39.9 Å². The van der Waals surface area contributed by atoms with Gasteiger partial charge in [-0.05, 0) is 62.1 Å². The summed E-state index contributed by atoms with van der Waals surface area (Å²) in [6.45, 7) is 6.22. The fourth-order valence-corrected chi connectivity index (χ4v) is 3.41. The summed E-state index contributed by atoms with van der Waals surface area (Å²) in [5.74, 6) is 1.48. The lowest BCUT2D eigenvalue weighted by Crippen LogP contribution is -2.15. The SMILES string of the molecule is Cc1cc(C)c(C(=O)C2CCCS2)cc1C. The van der Waals surface area contributed by atoms with E-state index >= 15 is 0 Å². The molecular weight excluding hydrogens is 216 g/mol. The van der Waals surface area contributed by atoms with Crippen LogP contribution >= 0.6 is 11.8 Å².